The lowest BCUT2D eigenvalue weighted by molar-refractivity contribution is -0.384. The zero-order chi connectivity index (χ0) is 21.6. The van der Waals surface area contributed by atoms with Crippen LogP contribution in [0.15, 0.2) is 52.7 Å². The highest BCUT2D eigenvalue weighted by molar-refractivity contribution is 5.58. The van der Waals surface area contributed by atoms with Crippen LogP contribution in [0.3, 0.4) is 0 Å². The molecular weight excluding hydrogens is 374 g/mol. The highest BCUT2D eigenvalue weighted by atomic mass is 16.6. The maximum absolute atomic E-state index is 11.5. The van der Waals surface area contributed by atoms with Crippen LogP contribution in [0.25, 0.3) is 0 Å². The van der Waals surface area contributed by atoms with Crippen molar-refractivity contribution in [3.8, 4) is 0 Å². The normalized spacial score (nSPS) is 11.3. The van der Waals surface area contributed by atoms with Crippen LogP contribution in [0.1, 0.15) is 82.3 Å². The molecule has 0 aromatic heterocycles. The number of nitrogens with zero attached hydrogens (tertiary/aromatic N) is 3. The summed E-state index contributed by atoms with van der Waals surface area (Å²) in [4.78, 5) is 11.1. The minimum absolute atomic E-state index is 0.0236. The van der Waals surface area contributed by atoms with Gasteiger partial charge in [-0.3, -0.25) is 10.1 Å². The van der Waals surface area contributed by atoms with Crippen LogP contribution < -0.4 is 0 Å². The summed E-state index contributed by atoms with van der Waals surface area (Å²) in [5.74, 6) is 0. The zero-order valence-corrected chi connectivity index (χ0v) is 18.5. The van der Waals surface area contributed by atoms with E-state index in [1.165, 1.54) is 57.8 Å². The van der Waals surface area contributed by atoms with Gasteiger partial charge in [0, 0.05) is 6.07 Å². The number of aryl methyl sites for hydroxylation is 2. The number of benzene rings is 2. The molecule has 0 saturated carbocycles. The number of hydrogen-bond acceptors (Lipinski definition) is 4. The quantitative estimate of drug-likeness (QED) is 0.135. The smallest absolute Gasteiger partial charge is 0.258 e. The summed E-state index contributed by atoms with van der Waals surface area (Å²) >= 11 is 0. The molecule has 0 amide bonds. The van der Waals surface area contributed by atoms with Crippen LogP contribution in [-0.2, 0) is 6.42 Å². The van der Waals surface area contributed by atoms with E-state index in [0.717, 1.165) is 24.0 Å². The molecule has 0 bridgehead atoms. The lowest BCUT2D eigenvalue weighted by Crippen LogP contribution is -1.92. The molecule has 0 aliphatic carbocycles. The Hall–Kier alpha value is -2.56. The van der Waals surface area contributed by atoms with Gasteiger partial charge >= 0.3 is 0 Å². The Balaban J connectivity index is 1.79. The Bertz CT molecular complexity index is 801. The molecule has 2 rings (SSSR count). The second-order valence-corrected chi connectivity index (χ2v) is 8.05. The highest BCUT2D eigenvalue weighted by Crippen LogP contribution is 2.30. The summed E-state index contributed by atoms with van der Waals surface area (Å²) in [6.45, 7) is 4.25. The Morgan fingerprint density at radius 3 is 2.00 bits per heavy atom. The molecule has 0 aliphatic rings. The molecule has 0 unspecified atom stereocenters. The SMILES string of the molecule is CCCCCCCCCCCCc1ccc(N=Nc2ccc(C)cc2)c([N+](=O)[O-])c1. The van der Waals surface area contributed by atoms with Gasteiger partial charge in [-0.25, -0.2) is 0 Å². The van der Waals surface area contributed by atoms with Gasteiger partial charge in [-0.2, -0.15) is 5.11 Å². The van der Waals surface area contributed by atoms with Crippen LogP contribution in [0.2, 0.25) is 0 Å². The molecule has 0 atom stereocenters. The van der Waals surface area contributed by atoms with E-state index < -0.39 is 0 Å². The summed E-state index contributed by atoms with van der Waals surface area (Å²) in [5, 5.41) is 19.7. The topological polar surface area (TPSA) is 67.9 Å². The van der Waals surface area contributed by atoms with E-state index in [2.05, 4.69) is 17.2 Å². The summed E-state index contributed by atoms with van der Waals surface area (Å²) in [6, 6.07) is 12.9. The maximum Gasteiger partial charge on any atom is 0.296 e. The molecule has 5 nitrogen and oxygen atoms in total. The minimum atomic E-state index is -0.370. The Morgan fingerprint density at radius 1 is 0.800 bits per heavy atom. The standard InChI is InChI=1S/C25H35N3O2/c1-3-4-5-6-7-8-9-10-11-12-13-22-16-19-24(25(20-22)28(29)30)27-26-23-17-14-21(2)15-18-23/h14-20H,3-13H2,1-2H3. The number of azo groups is 1. The molecule has 0 aliphatic heterocycles. The lowest BCUT2D eigenvalue weighted by atomic mass is 10.0. The minimum Gasteiger partial charge on any atom is -0.258 e. The van der Waals surface area contributed by atoms with Gasteiger partial charge in [0.05, 0.1) is 10.6 Å². The van der Waals surface area contributed by atoms with Crippen molar-refractivity contribution < 1.29 is 4.92 Å². The van der Waals surface area contributed by atoms with Crippen molar-refractivity contribution in [2.45, 2.75) is 84.5 Å². The molecule has 5 heteroatoms. The monoisotopic (exact) mass is 409 g/mol. The van der Waals surface area contributed by atoms with Gasteiger partial charge in [0.25, 0.3) is 5.69 Å². The Kier molecular flexibility index (Phi) is 10.8. The fourth-order valence-corrected chi connectivity index (χ4v) is 3.49. The molecular formula is C25H35N3O2. The van der Waals surface area contributed by atoms with Crippen LogP contribution in [0.4, 0.5) is 17.1 Å². The number of rotatable bonds is 14. The molecule has 0 fully saturated rings. The van der Waals surface area contributed by atoms with E-state index in [-0.39, 0.29) is 10.6 Å². The second-order valence-electron chi connectivity index (χ2n) is 8.05. The predicted molar refractivity (Wildman–Crippen MR) is 124 cm³/mol. The largest absolute Gasteiger partial charge is 0.296 e. The van der Waals surface area contributed by atoms with Gasteiger partial charge in [0.1, 0.15) is 0 Å². The van der Waals surface area contributed by atoms with Gasteiger partial charge in [0.2, 0.25) is 0 Å². The predicted octanol–water partition coefficient (Wildman–Crippen LogP) is 8.78. The van der Waals surface area contributed by atoms with Crippen LogP contribution in [-0.4, -0.2) is 4.92 Å². The van der Waals surface area contributed by atoms with Crippen molar-refractivity contribution in [1.82, 2.24) is 0 Å². The third-order valence-electron chi connectivity index (χ3n) is 5.36. The summed E-state index contributed by atoms with van der Waals surface area (Å²) in [6.07, 6.45) is 13.7. The van der Waals surface area contributed by atoms with E-state index in [1.54, 1.807) is 12.1 Å². The van der Waals surface area contributed by atoms with Crippen molar-refractivity contribution in [2.24, 2.45) is 10.2 Å². The molecule has 0 heterocycles. The van der Waals surface area contributed by atoms with Gasteiger partial charge in [-0.05, 0) is 43.5 Å². The first-order chi connectivity index (χ1) is 14.6. The Labute approximate surface area is 180 Å². The first-order valence-electron chi connectivity index (χ1n) is 11.4. The molecule has 30 heavy (non-hydrogen) atoms. The van der Waals surface area contributed by atoms with E-state index in [0.29, 0.717) is 11.4 Å². The fraction of sp³-hybridized carbons (Fsp3) is 0.520. The third kappa shape index (κ3) is 8.85. The summed E-state index contributed by atoms with van der Waals surface area (Å²) in [7, 11) is 0. The van der Waals surface area contributed by atoms with Gasteiger partial charge in [0.15, 0.2) is 5.69 Å². The zero-order valence-electron chi connectivity index (χ0n) is 18.5. The molecule has 162 valence electrons. The van der Waals surface area contributed by atoms with Gasteiger partial charge < -0.3 is 0 Å². The van der Waals surface area contributed by atoms with Crippen LogP contribution in [0.5, 0.6) is 0 Å². The summed E-state index contributed by atoms with van der Waals surface area (Å²) < 4.78 is 0. The van der Waals surface area contributed by atoms with Crippen LogP contribution >= 0.6 is 0 Å². The van der Waals surface area contributed by atoms with Crippen molar-refractivity contribution in [3.05, 3.63) is 63.7 Å². The van der Waals surface area contributed by atoms with Crippen molar-refractivity contribution in [2.75, 3.05) is 0 Å². The number of nitro benzene ring substituents is 1. The van der Waals surface area contributed by atoms with E-state index in [9.17, 15) is 10.1 Å². The molecule has 0 spiro atoms. The molecule has 0 radical (unpaired) electrons. The molecule has 2 aromatic rings. The van der Waals surface area contributed by atoms with Gasteiger partial charge in [-0.1, -0.05) is 88.5 Å². The average Bonchev–Trinajstić information content (AvgIpc) is 2.75. The van der Waals surface area contributed by atoms with E-state index >= 15 is 0 Å². The molecule has 0 saturated heterocycles. The number of hydrogen-bond donors (Lipinski definition) is 0. The number of unbranched alkanes of at least 4 members (excludes halogenated alkanes) is 9. The highest BCUT2D eigenvalue weighted by Gasteiger charge is 2.14. The van der Waals surface area contributed by atoms with E-state index in [1.807, 2.05) is 37.3 Å². The van der Waals surface area contributed by atoms with Gasteiger partial charge in [-0.15, -0.1) is 5.11 Å². The van der Waals surface area contributed by atoms with E-state index in [4.69, 9.17) is 0 Å². The fourth-order valence-electron chi connectivity index (χ4n) is 3.49. The van der Waals surface area contributed by atoms with Crippen LogP contribution in [0, 0.1) is 17.0 Å². The maximum atomic E-state index is 11.5. The van der Waals surface area contributed by atoms with Crippen molar-refractivity contribution >= 4 is 17.1 Å². The molecule has 0 N–H and O–H groups in total. The second kappa shape index (κ2) is 13.6. The number of nitro groups is 1. The third-order valence-corrected chi connectivity index (χ3v) is 5.36. The lowest BCUT2D eigenvalue weighted by Gasteiger charge is -2.04. The summed E-state index contributed by atoms with van der Waals surface area (Å²) in [5.41, 5.74) is 3.14. The van der Waals surface area contributed by atoms with Crippen molar-refractivity contribution in [1.29, 1.82) is 0 Å². The van der Waals surface area contributed by atoms with Crippen molar-refractivity contribution in [3.63, 3.8) is 0 Å². The average molecular weight is 410 g/mol. The first-order valence-corrected chi connectivity index (χ1v) is 11.4. The first kappa shape index (κ1) is 23.7. The molecule has 2 aromatic carbocycles. The Morgan fingerprint density at radius 2 is 1.40 bits per heavy atom.